The minimum atomic E-state index is -0.582. The highest BCUT2D eigenvalue weighted by Gasteiger charge is 2.08. The Bertz CT molecular complexity index is 412. The van der Waals surface area contributed by atoms with Crippen LogP contribution in [0.4, 0.5) is 4.79 Å². The molecular weight excluding hydrogens is 194 g/mol. The van der Waals surface area contributed by atoms with Gasteiger partial charge in [-0.15, -0.1) is 5.43 Å². The summed E-state index contributed by atoms with van der Waals surface area (Å²) in [4.78, 5) is 11.3. The summed E-state index contributed by atoms with van der Waals surface area (Å²) in [5.41, 5.74) is 3.64. The quantitative estimate of drug-likeness (QED) is 0.783. The van der Waals surface area contributed by atoms with Crippen molar-refractivity contribution in [1.82, 2.24) is 10.7 Å². The number of nitrogens with one attached hydrogen (secondary N) is 1. The van der Waals surface area contributed by atoms with Crippen LogP contribution in [0.25, 0.3) is 0 Å². The van der Waals surface area contributed by atoms with Crippen molar-refractivity contribution in [2.75, 3.05) is 0 Å². The number of nitrogens with zero attached hydrogens (tertiary/aromatic N) is 2. The maximum Gasteiger partial charge on any atom is 0.418 e. The third kappa shape index (κ3) is 2.57. The lowest BCUT2D eigenvalue weighted by Gasteiger charge is -2.05. The van der Waals surface area contributed by atoms with Gasteiger partial charge in [-0.2, -0.15) is 5.10 Å². The maximum atomic E-state index is 11.3. The van der Waals surface area contributed by atoms with E-state index in [0.29, 0.717) is 11.6 Å². The van der Waals surface area contributed by atoms with E-state index in [1.807, 2.05) is 6.07 Å². The number of rotatable bonds is 2. The summed E-state index contributed by atoms with van der Waals surface area (Å²) in [6, 6.07) is 8.79. The SMILES string of the molecule is O=C(NC1=CC=N[N]1)Oc1ccccc1. The summed E-state index contributed by atoms with van der Waals surface area (Å²) < 4.78 is 4.97. The van der Waals surface area contributed by atoms with Crippen LogP contribution in [0.5, 0.6) is 5.75 Å². The molecule has 1 aliphatic rings. The Morgan fingerprint density at radius 1 is 1.27 bits per heavy atom. The van der Waals surface area contributed by atoms with E-state index in [0.717, 1.165) is 0 Å². The molecule has 0 bridgehead atoms. The van der Waals surface area contributed by atoms with Gasteiger partial charge in [-0.25, -0.2) is 4.79 Å². The first-order chi connectivity index (χ1) is 7.34. The number of hydrogen-bond acceptors (Lipinski definition) is 3. The second kappa shape index (κ2) is 4.28. The molecule has 75 valence electrons. The molecule has 0 saturated carbocycles. The van der Waals surface area contributed by atoms with E-state index in [2.05, 4.69) is 15.8 Å². The Morgan fingerprint density at radius 3 is 2.73 bits per heavy atom. The molecule has 1 heterocycles. The molecule has 1 aliphatic heterocycles. The van der Waals surface area contributed by atoms with Gasteiger partial charge in [0, 0.05) is 6.08 Å². The van der Waals surface area contributed by atoms with Crippen molar-refractivity contribution in [3.8, 4) is 5.75 Å². The summed E-state index contributed by atoms with van der Waals surface area (Å²) >= 11 is 0. The molecule has 1 amide bonds. The molecule has 1 radical (unpaired) electrons. The van der Waals surface area contributed by atoms with Crippen LogP contribution >= 0.6 is 0 Å². The zero-order valence-electron chi connectivity index (χ0n) is 7.75. The number of carbonyl (C=O) groups excluding carboxylic acids is 1. The van der Waals surface area contributed by atoms with E-state index in [4.69, 9.17) is 4.74 Å². The Kier molecular flexibility index (Phi) is 2.64. The van der Waals surface area contributed by atoms with Crippen LogP contribution in [0, 0.1) is 0 Å². The highest BCUT2D eigenvalue weighted by atomic mass is 16.6. The van der Waals surface area contributed by atoms with E-state index in [9.17, 15) is 4.79 Å². The normalized spacial score (nSPS) is 12.9. The fourth-order valence-electron chi connectivity index (χ4n) is 1.03. The first kappa shape index (κ1) is 9.26. The fraction of sp³-hybridized carbons (Fsp3) is 0. The fourth-order valence-corrected chi connectivity index (χ4v) is 1.03. The smallest absolute Gasteiger partial charge is 0.410 e. The van der Waals surface area contributed by atoms with Crippen LogP contribution in [0.2, 0.25) is 0 Å². The number of carbonyl (C=O) groups is 1. The number of para-hydroxylation sites is 1. The Balaban J connectivity index is 1.88. The molecule has 15 heavy (non-hydrogen) atoms. The van der Waals surface area contributed by atoms with Crippen molar-refractivity contribution in [3.63, 3.8) is 0 Å². The summed E-state index contributed by atoms with van der Waals surface area (Å²) in [7, 11) is 0. The highest BCUT2D eigenvalue weighted by molar-refractivity contribution is 5.78. The van der Waals surface area contributed by atoms with E-state index in [1.165, 1.54) is 6.21 Å². The molecule has 1 aromatic rings. The first-order valence-electron chi connectivity index (χ1n) is 4.33. The summed E-state index contributed by atoms with van der Waals surface area (Å²) in [6.45, 7) is 0. The van der Waals surface area contributed by atoms with Gasteiger partial charge >= 0.3 is 6.09 Å². The standard InChI is InChI=1S/C10H8N3O2/c14-10(12-9-6-7-11-13-9)15-8-4-2-1-3-5-8/h1-7H,(H,12,14). The largest absolute Gasteiger partial charge is 0.418 e. The monoisotopic (exact) mass is 202 g/mol. The number of amides is 1. The van der Waals surface area contributed by atoms with E-state index in [1.54, 1.807) is 30.3 Å². The number of benzene rings is 1. The average Bonchev–Trinajstić information content (AvgIpc) is 2.71. The molecule has 0 unspecified atom stereocenters. The van der Waals surface area contributed by atoms with Gasteiger partial charge in [0.25, 0.3) is 0 Å². The van der Waals surface area contributed by atoms with Gasteiger partial charge in [-0.05, 0) is 12.1 Å². The second-order valence-corrected chi connectivity index (χ2v) is 2.74. The Labute approximate surface area is 86.4 Å². The molecule has 0 fully saturated rings. The Morgan fingerprint density at radius 2 is 2.07 bits per heavy atom. The summed E-state index contributed by atoms with van der Waals surface area (Å²) in [5.74, 6) is 0.852. The van der Waals surface area contributed by atoms with Gasteiger partial charge in [0.2, 0.25) is 0 Å². The Hall–Kier alpha value is -2.30. The topological polar surface area (TPSA) is 64.8 Å². The molecule has 0 spiro atoms. The summed E-state index contributed by atoms with van der Waals surface area (Å²) in [5, 5.41) is 6.00. The molecule has 0 atom stereocenters. The predicted octanol–water partition coefficient (Wildman–Crippen LogP) is 1.22. The van der Waals surface area contributed by atoms with Crippen LogP contribution in [-0.4, -0.2) is 12.3 Å². The van der Waals surface area contributed by atoms with Gasteiger partial charge in [0.1, 0.15) is 5.75 Å². The number of ether oxygens (including phenoxy) is 1. The lowest BCUT2D eigenvalue weighted by Crippen LogP contribution is -2.28. The van der Waals surface area contributed by atoms with E-state index in [-0.39, 0.29) is 0 Å². The van der Waals surface area contributed by atoms with Gasteiger partial charge in [0.15, 0.2) is 5.82 Å². The molecule has 1 N–H and O–H groups in total. The van der Waals surface area contributed by atoms with Gasteiger partial charge in [0.05, 0.1) is 6.21 Å². The van der Waals surface area contributed by atoms with Crippen molar-refractivity contribution in [2.45, 2.75) is 0 Å². The van der Waals surface area contributed by atoms with E-state index < -0.39 is 6.09 Å². The van der Waals surface area contributed by atoms with Crippen molar-refractivity contribution in [1.29, 1.82) is 0 Å². The summed E-state index contributed by atoms with van der Waals surface area (Å²) in [6.07, 6.45) is 2.48. The average molecular weight is 202 g/mol. The predicted molar refractivity (Wildman–Crippen MR) is 54.3 cm³/mol. The van der Waals surface area contributed by atoms with Gasteiger partial charge in [-0.1, -0.05) is 18.2 Å². The van der Waals surface area contributed by atoms with Crippen LogP contribution in [0.15, 0.2) is 47.3 Å². The van der Waals surface area contributed by atoms with Crippen molar-refractivity contribution >= 4 is 12.3 Å². The van der Waals surface area contributed by atoms with Crippen LogP contribution < -0.4 is 15.5 Å². The van der Waals surface area contributed by atoms with Crippen molar-refractivity contribution in [2.24, 2.45) is 5.10 Å². The molecule has 0 aliphatic carbocycles. The van der Waals surface area contributed by atoms with Gasteiger partial charge in [-0.3, -0.25) is 5.32 Å². The van der Waals surface area contributed by atoms with Crippen molar-refractivity contribution < 1.29 is 9.53 Å². The van der Waals surface area contributed by atoms with E-state index >= 15 is 0 Å². The molecule has 1 aromatic carbocycles. The molecule has 2 rings (SSSR count). The molecule has 0 saturated heterocycles. The van der Waals surface area contributed by atoms with Crippen LogP contribution in [-0.2, 0) is 0 Å². The maximum absolute atomic E-state index is 11.3. The lowest BCUT2D eigenvalue weighted by molar-refractivity contribution is 0.203. The zero-order chi connectivity index (χ0) is 10.5. The van der Waals surface area contributed by atoms with Crippen LogP contribution in [0.3, 0.4) is 0 Å². The van der Waals surface area contributed by atoms with Crippen LogP contribution in [0.1, 0.15) is 0 Å². The number of hydrogen-bond donors (Lipinski definition) is 1. The first-order valence-corrected chi connectivity index (χ1v) is 4.33. The third-order valence-corrected chi connectivity index (χ3v) is 1.65. The minimum absolute atomic E-state index is 0.371. The van der Waals surface area contributed by atoms with Crippen molar-refractivity contribution in [3.05, 3.63) is 42.2 Å². The minimum Gasteiger partial charge on any atom is -0.410 e. The number of allylic oxidation sites excluding steroid dienone is 1. The highest BCUT2D eigenvalue weighted by Crippen LogP contribution is 2.08. The zero-order valence-corrected chi connectivity index (χ0v) is 7.75. The second-order valence-electron chi connectivity index (χ2n) is 2.74. The molecular formula is C10H8N3O2. The lowest BCUT2D eigenvalue weighted by atomic mass is 10.3. The molecule has 5 heteroatoms. The molecule has 5 nitrogen and oxygen atoms in total. The third-order valence-electron chi connectivity index (χ3n) is 1.65. The van der Waals surface area contributed by atoms with Gasteiger partial charge < -0.3 is 4.74 Å². The molecule has 0 aromatic heterocycles.